The van der Waals surface area contributed by atoms with E-state index < -0.39 is 0 Å². The second kappa shape index (κ2) is 5.81. The third-order valence-electron chi connectivity index (χ3n) is 3.65. The van der Waals surface area contributed by atoms with Crippen molar-refractivity contribution in [1.29, 1.82) is 0 Å². The summed E-state index contributed by atoms with van der Waals surface area (Å²) in [5, 5.41) is 8.83. The second-order valence-electron chi connectivity index (χ2n) is 4.83. The van der Waals surface area contributed by atoms with Crippen molar-refractivity contribution in [3.8, 4) is 0 Å². The minimum atomic E-state index is 0.119. The SMILES string of the molecule is NCC(c1cc(Cl)ccc1Br)N1CCn2cnnc2C1. The molecular weight excluding hydrogens is 342 g/mol. The molecule has 1 unspecified atom stereocenters. The maximum Gasteiger partial charge on any atom is 0.147 e. The molecule has 0 aliphatic carbocycles. The van der Waals surface area contributed by atoms with Crippen molar-refractivity contribution in [2.45, 2.75) is 19.1 Å². The first-order valence-electron chi connectivity index (χ1n) is 6.45. The molecule has 3 rings (SSSR count). The number of halogens is 2. The normalized spacial score (nSPS) is 16.9. The predicted octanol–water partition coefficient (Wildman–Crippen LogP) is 2.21. The fourth-order valence-electron chi connectivity index (χ4n) is 2.59. The van der Waals surface area contributed by atoms with Crippen molar-refractivity contribution in [2.75, 3.05) is 13.1 Å². The number of aromatic nitrogens is 3. The topological polar surface area (TPSA) is 60.0 Å². The number of fused-ring (bicyclic) bond motifs is 1. The Labute approximate surface area is 130 Å². The lowest BCUT2D eigenvalue weighted by Gasteiger charge is -2.34. The fraction of sp³-hybridized carbons (Fsp3) is 0.385. The summed E-state index contributed by atoms with van der Waals surface area (Å²) in [5.41, 5.74) is 7.12. The number of nitrogens with two attached hydrogens (primary N) is 1. The van der Waals surface area contributed by atoms with Crippen molar-refractivity contribution >= 4 is 27.5 Å². The first-order valence-corrected chi connectivity index (χ1v) is 7.62. The van der Waals surface area contributed by atoms with Gasteiger partial charge in [0.1, 0.15) is 12.2 Å². The summed E-state index contributed by atoms with van der Waals surface area (Å²) in [4.78, 5) is 2.32. The molecule has 0 fully saturated rings. The number of hydrogen-bond acceptors (Lipinski definition) is 4. The summed E-state index contributed by atoms with van der Waals surface area (Å²) in [6.45, 7) is 3.09. The van der Waals surface area contributed by atoms with Gasteiger partial charge in [-0.3, -0.25) is 4.90 Å². The van der Waals surface area contributed by atoms with Gasteiger partial charge in [0.25, 0.3) is 0 Å². The first kappa shape index (κ1) is 14.0. The van der Waals surface area contributed by atoms with Gasteiger partial charge in [-0.05, 0) is 23.8 Å². The van der Waals surface area contributed by atoms with Crippen LogP contribution < -0.4 is 5.73 Å². The van der Waals surface area contributed by atoms with Gasteiger partial charge in [0.2, 0.25) is 0 Å². The molecule has 5 nitrogen and oxygen atoms in total. The highest BCUT2D eigenvalue weighted by molar-refractivity contribution is 9.10. The van der Waals surface area contributed by atoms with Crippen LogP contribution in [0.1, 0.15) is 17.4 Å². The van der Waals surface area contributed by atoms with Gasteiger partial charge >= 0.3 is 0 Å². The molecule has 0 radical (unpaired) electrons. The molecule has 1 aliphatic heterocycles. The van der Waals surface area contributed by atoms with E-state index in [0.29, 0.717) is 6.54 Å². The zero-order valence-corrected chi connectivity index (χ0v) is 13.2. The predicted molar refractivity (Wildman–Crippen MR) is 81.4 cm³/mol. The fourth-order valence-corrected chi connectivity index (χ4v) is 3.29. The molecule has 2 N–H and O–H groups in total. The third-order valence-corrected chi connectivity index (χ3v) is 4.61. The van der Waals surface area contributed by atoms with E-state index in [0.717, 1.165) is 40.5 Å². The number of hydrogen-bond donors (Lipinski definition) is 1. The molecule has 2 heterocycles. The average molecular weight is 357 g/mol. The quantitative estimate of drug-likeness (QED) is 0.916. The van der Waals surface area contributed by atoms with Crippen LogP contribution >= 0.6 is 27.5 Å². The number of nitrogens with zero attached hydrogens (tertiary/aromatic N) is 4. The molecule has 0 amide bonds. The summed E-state index contributed by atoms with van der Waals surface area (Å²) in [5.74, 6) is 0.979. The molecule has 7 heteroatoms. The van der Waals surface area contributed by atoms with Crippen LogP contribution in [0.15, 0.2) is 29.0 Å². The molecule has 0 spiro atoms. The molecule has 1 aromatic carbocycles. The lowest BCUT2D eigenvalue weighted by atomic mass is 10.0. The highest BCUT2D eigenvalue weighted by atomic mass is 79.9. The number of benzene rings is 1. The summed E-state index contributed by atoms with van der Waals surface area (Å²) in [7, 11) is 0. The highest BCUT2D eigenvalue weighted by Crippen LogP contribution is 2.31. The molecule has 1 atom stereocenters. The van der Waals surface area contributed by atoms with Gasteiger partial charge in [-0.2, -0.15) is 0 Å². The van der Waals surface area contributed by atoms with Gasteiger partial charge in [-0.1, -0.05) is 27.5 Å². The van der Waals surface area contributed by atoms with Gasteiger partial charge in [0.05, 0.1) is 6.54 Å². The highest BCUT2D eigenvalue weighted by Gasteiger charge is 2.26. The monoisotopic (exact) mass is 355 g/mol. The van der Waals surface area contributed by atoms with Crippen molar-refractivity contribution < 1.29 is 0 Å². The van der Waals surface area contributed by atoms with Crippen LogP contribution in [0, 0.1) is 0 Å². The van der Waals surface area contributed by atoms with E-state index in [4.69, 9.17) is 17.3 Å². The van der Waals surface area contributed by atoms with Crippen molar-refractivity contribution in [3.63, 3.8) is 0 Å². The molecular formula is C13H15BrClN5. The average Bonchev–Trinajstić information content (AvgIpc) is 2.91. The summed E-state index contributed by atoms with van der Waals surface area (Å²) in [6.07, 6.45) is 1.78. The van der Waals surface area contributed by atoms with E-state index in [-0.39, 0.29) is 6.04 Å². The van der Waals surface area contributed by atoms with Crippen LogP contribution in [0.5, 0.6) is 0 Å². The number of rotatable bonds is 3. The molecule has 0 saturated carbocycles. The smallest absolute Gasteiger partial charge is 0.147 e. The van der Waals surface area contributed by atoms with E-state index in [1.807, 2.05) is 18.2 Å². The zero-order chi connectivity index (χ0) is 14.1. The van der Waals surface area contributed by atoms with Crippen LogP contribution in [-0.4, -0.2) is 32.8 Å². The van der Waals surface area contributed by atoms with Crippen LogP contribution in [0.25, 0.3) is 0 Å². The third kappa shape index (κ3) is 2.61. The molecule has 20 heavy (non-hydrogen) atoms. The zero-order valence-electron chi connectivity index (χ0n) is 10.8. The Morgan fingerprint density at radius 3 is 3.05 bits per heavy atom. The Bertz CT molecular complexity index is 615. The molecule has 2 aromatic rings. The second-order valence-corrected chi connectivity index (χ2v) is 6.12. The van der Waals surface area contributed by atoms with E-state index in [1.54, 1.807) is 6.33 Å². The van der Waals surface area contributed by atoms with Gasteiger partial charge in [0.15, 0.2) is 0 Å². The maximum atomic E-state index is 6.11. The van der Waals surface area contributed by atoms with Crippen LogP contribution in [0.2, 0.25) is 5.02 Å². The van der Waals surface area contributed by atoms with Crippen LogP contribution in [-0.2, 0) is 13.1 Å². The van der Waals surface area contributed by atoms with Crippen molar-refractivity contribution in [3.05, 3.63) is 45.4 Å². The summed E-state index contributed by atoms with van der Waals surface area (Å²) < 4.78 is 3.11. The Morgan fingerprint density at radius 1 is 1.40 bits per heavy atom. The van der Waals surface area contributed by atoms with E-state index in [9.17, 15) is 0 Å². The van der Waals surface area contributed by atoms with E-state index in [1.165, 1.54) is 0 Å². The molecule has 0 saturated heterocycles. The minimum absolute atomic E-state index is 0.119. The first-order chi connectivity index (χ1) is 9.69. The largest absolute Gasteiger partial charge is 0.329 e. The van der Waals surface area contributed by atoms with E-state index in [2.05, 4.69) is 35.6 Å². The Kier molecular flexibility index (Phi) is 4.07. The van der Waals surface area contributed by atoms with Gasteiger partial charge < -0.3 is 10.3 Å². The van der Waals surface area contributed by atoms with Crippen molar-refractivity contribution in [1.82, 2.24) is 19.7 Å². The molecule has 0 bridgehead atoms. The minimum Gasteiger partial charge on any atom is -0.329 e. The summed E-state index contributed by atoms with van der Waals surface area (Å²) in [6, 6.07) is 5.93. The standard InChI is InChI=1S/C13H15BrClN5/c14-11-2-1-9(15)5-10(11)12(6-16)19-3-4-20-8-17-18-13(20)7-19/h1-2,5,8,12H,3-4,6-7,16H2. The Hall–Kier alpha value is -0.950. The van der Waals surface area contributed by atoms with E-state index >= 15 is 0 Å². The molecule has 1 aromatic heterocycles. The molecule has 1 aliphatic rings. The van der Waals surface area contributed by atoms with Crippen molar-refractivity contribution in [2.24, 2.45) is 5.73 Å². The van der Waals surface area contributed by atoms with Gasteiger partial charge in [-0.25, -0.2) is 0 Å². The lowest BCUT2D eigenvalue weighted by Crippen LogP contribution is -2.39. The van der Waals surface area contributed by atoms with Crippen LogP contribution in [0.4, 0.5) is 0 Å². The Balaban J connectivity index is 1.89. The summed E-state index contributed by atoms with van der Waals surface area (Å²) >= 11 is 9.70. The Morgan fingerprint density at radius 2 is 2.25 bits per heavy atom. The van der Waals surface area contributed by atoms with Crippen LogP contribution in [0.3, 0.4) is 0 Å². The molecule has 106 valence electrons. The maximum absolute atomic E-state index is 6.11. The van der Waals surface area contributed by atoms with Gasteiger partial charge in [-0.15, -0.1) is 10.2 Å². The lowest BCUT2D eigenvalue weighted by molar-refractivity contribution is 0.156. The van der Waals surface area contributed by atoms with Gasteiger partial charge in [0, 0.05) is 35.2 Å².